The number of nitrogens with one attached hydrogen (secondary N) is 1. The van der Waals surface area contributed by atoms with Crippen LogP contribution in [0.5, 0.6) is 17.2 Å². The fourth-order valence-corrected chi connectivity index (χ4v) is 7.69. The number of halogens is 1. The fraction of sp³-hybridized carbons (Fsp3) is 0.316. The Bertz CT molecular complexity index is 1870. The smallest absolute Gasteiger partial charge is 0.264 e. The molecule has 10 nitrogen and oxygen atoms in total. The Morgan fingerprint density at radius 3 is 2.16 bits per heavy atom. The first-order chi connectivity index (χ1) is 24.1. The molecule has 0 heterocycles. The molecule has 264 valence electrons. The number of benzene rings is 4. The predicted molar refractivity (Wildman–Crippen MR) is 193 cm³/mol. The molecule has 0 radical (unpaired) electrons. The quantitative estimate of drug-likeness (QED) is 0.154. The Balaban J connectivity index is 1.59. The average Bonchev–Trinajstić information content (AvgIpc) is 3.65. The molecule has 0 spiro atoms. The van der Waals surface area contributed by atoms with Gasteiger partial charge in [-0.1, -0.05) is 66.9 Å². The van der Waals surface area contributed by atoms with Crippen LogP contribution in [-0.4, -0.2) is 65.1 Å². The molecular formula is C38H42ClN3O7S. The second kappa shape index (κ2) is 16.8. The minimum Gasteiger partial charge on any atom is -0.497 e. The van der Waals surface area contributed by atoms with Gasteiger partial charge < -0.3 is 24.4 Å². The molecule has 0 bridgehead atoms. The van der Waals surface area contributed by atoms with Crippen LogP contribution in [0.25, 0.3) is 0 Å². The summed E-state index contributed by atoms with van der Waals surface area (Å²) in [5.41, 5.74) is 1.79. The first kappa shape index (κ1) is 36.5. The third-order valence-corrected chi connectivity index (χ3v) is 10.8. The predicted octanol–water partition coefficient (Wildman–Crippen LogP) is 6.26. The van der Waals surface area contributed by atoms with E-state index in [2.05, 4.69) is 5.32 Å². The number of hydrogen-bond acceptors (Lipinski definition) is 7. The fourth-order valence-electron chi connectivity index (χ4n) is 6.13. The molecule has 0 saturated heterocycles. The Hall–Kier alpha value is -4.74. The van der Waals surface area contributed by atoms with Gasteiger partial charge in [0.15, 0.2) is 11.5 Å². The topological polar surface area (TPSA) is 114 Å². The highest BCUT2D eigenvalue weighted by Crippen LogP contribution is 2.33. The highest BCUT2D eigenvalue weighted by molar-refractivity contribution is 7.92. The van der Waals surface area contributed by atoms with E-state index in [4.69, 9.17) is 25.8 Å². The minimum absolute atomic E-state index is 0.00513. The van der Waals surface area contributed by atoms with Crippen LogP contribution in [0, 0.1) is 0 Å². The van der Waals surface area contributed by atoms with Crippen LogP contribution >= 0.6 is 11.6 Å². The van der Waals surface area contributed by atoms with Gasteiger partial charge in [0.25, 0.3) is 10.0 Å². The van der Waals surface area contributed by atoms with E-state index in [1.807, 2.05) is 42.5 Å². The number of carbonyl (C=O) groups excluding carboxylic acids is 2. The van der Waals surface area contributed by atoms with E-state index in [0.29, 0.717) is 22.1 Å². The Kier molecular flexibility index (Phi) is 12.3. The third kappa shape index (κ3) is 8.88. The molecule has 1 fully saturated rings. The summed E-state index contributed by atoms with van der Waals surface area (Å²) in [6, 6.07) is 26.2. The average molecular weight is 720 g/mol. The molecule has 1 N–H and O–H groups in total. The number of sulfonamides is 1. The van der Waals surface area contributed by atoms with Crippen LogP contribution in [0.15, 0.2) is 102 Å². The number of rotatable bonds is 15. The molecule has 1 aliphatic rings. The van der Waals surface area contributed by atoms with Crippen molar-refractivity contribution in [3.05, 3.63) is 113 Å². The summed E-state index contributed by atoms with van der Waals surface area (Å²) in [5, 5.41) is 3.58. The largest absolute Gasteiger partial charge is 0.497 e. The number of carbonyl (C=O) groups is 2. The van der Waals surface area contributed by atoms with E-state index < -0.39 is 28.5 Å². The summed E-state index contributed by atoms with van der Waals surface area (Å²) in [7, 11) is 0.0465. The summed E-state index contributed by atoms with van der Waals surface area (Å²) in [4.78, 5) is 30.3. The molecule has 50 heavy (non-hydrogen) atoms. The van der Waals surface area contributed by atoms with E-state index in [0.717, 1.165) is 35.6 Å². The minimum atomic E-state index is -4.37. The molecule has 2 amide bonds. The molecule has 0 unspecified atom stereocenters. The van der Waals surface area contributed by atoms with Crippen LogP contribution in [-0.2, 0) is 32.6 Å². The van der Waals surface area contributed by atoms with Crippen molar-refractivity contribution in [3.63, 3.8) is 0 Å². The van der Waals surface area contributed by atoms with Crippen LogP contribution in [0.2, 0.25) is 5.02 Å². The highest BCUT2D eigenvalue weighted by Gasteiger charge is 2.36. The van der Waals surface area contributed by atoms with Crippen molar-refractivity contribution in [2.45, 2.75) is 55.6 Å². The van der Waals surface area contributed by atoms with Crippen molar-refractivity contribution < 1.29 is 32.2 Å². The van der Waals surface area contributed by atoms with Gasteiger partial charge in [-0.05, 0) is 72.5 Å². The van der Waals surface area contributed by atoms with Gasteiger partial charge in [-0.25, -0.2) is 8.42 Å². The second-order valence-corrected chi connectivity index (χ2v) is 14.4. The molecule has 1 atom stereocenters. The summed E-state index contributed by atoms with van der Waals surface area (Å²) in [5.74, 6) is 0.278. The zero-order valence-electron chi connectivity index (χ0n) is 28.4. The molecule has 4 aromatic rings. The molecule has 4 aromatic carbocycles. The first-order valence-electron chi connectivity index (χ1n) is 16.4. The van der Waals surface area contributed by atoms with E-state index >= 15 is 0 Å². The van der Waals surface area contributed by atoms with E-state index in [9.17, 15) is 18.0 Å². The van der Waals surface area contributed by atoms with Gasteiger partial charge in [0.2, 0.25) is 11.8 Å². The zero-order valence-corrected chi connectivity index (χ0v) is 30.0. The normalized spacial score (nSPS) is 13.7. The van der Waals surface area contributed by atoms with Crippen LogP contribution in [0.1, 0.15) is 36.8 Å². The van der Waals surface area contributed by atoms with Crippen molar-refractivity contribution >= 4 is 39.1 Å². The van der Waals surface area contributed by atoms with Gasteiger partial charge >= 0.3 is 0 Å². The summed E-state index contributed by atoms with van der Waals surface area (Å²) in [6.07, 6.45) is 3.98. The van der Waals surface area contributed by atoms with Crippen LogP contribution in [0.3, 0.4) is 0 Å². The van der Waals surface area contributed by atoms with Crippen molar-refractivity contribution in [2.75, 3.05) is 32.2 Å². The lowest BCUT2D eigenvalue weighted by molar-refractivity contribution is -0.140. The molecule has 1 aliphatic carbocycles. The highest BCUT2D eigenvalue weighted by atomic mass is 35.5. The molecule has 12 heteroatoms. The lowest BCUT2D eigenvalue weighted by Crippen LogP contribution is -2.54. The van der Waals surface area contributed by atoms with Gasteiger partial charge in [0.1, 0.15) is 18.3 Å². The Labute approximate surface area is 299 Å². The van der Waals surface area contributed by atoms with Gasteiger partial charge in [-0.3, -0.25) is 13.9 Å². The van der Waals surface area contributed by atoms with E-state index in [1.165, 1.54) is 49.5 Å². The monoisotopic (exact) mass is 719 g/mol. The standard InChI is InChI=1S/C38H42ClN3O7S/c1-47-32-15-9-12-28(22-32)25-41(34(23-27-10-5-4-6-11-27)38(44)40-30-13-7-8-14-30)37(43)26-42(31-18-16-29(39)17-19-31)50(45,46)33-20-21-35(48-2)36(24-33)49-3/h4-6,9-12,15-22,24,30,34H,7-8,13-14,23,25-26H2,1-3H3,(H,40,44)/t34-/m1/s1. The number of ether oxygens (including phenoxy) is 3. The van der Waals surface area contributed by atoms with E-state index in [1.54, 1.807) is 31.4 Å². The molecule has 0 aliphatic heterocycles. The van der Waals surface area contributed by atoms with Gasteiger partial charge in [-0.2, -0.15) is 0 Å². The van der Waals surface area contributed by atoms with Gasteiger partial charge in [0.05, 0.1) is 31.9 Å². The van der Waals surface area contributed by atoms with Gasteiger partial charge in [-0.15, -0.1) is 0 Å². The summed E-state index contributed by atoms with van der Waals surface area (Å²) in [6.45, 7) is -0.583. The van der Waals surface area contributed by atoms with Crippen molar-refractivity contribution in [1.29, 1.82) is 0 Å². The summed E-state index contributed by atoms with van der Waals surface area (Å²) < 4.78 is 46.1. The number of hydrogen-bond donors (Lipinski definition) is 1. The zero-order chi connectivity index (χ0) is 35.7. The maximum Gasteiger partial charge on any atom is 0.264 e. The number of methoxy groups -OCH3 is 3. The van der Waals surface area contributed by atoms with Gasteiger partial charge in [0, 0.05) is 30.1 Å². The molecule has 0 aromatic heterocycles. The first-order valence-corrected chi connectivity index (χ1v) is 18.2. The molecule has 5 rings (SSSR count). The summed E-state index contributed by atoms with van der Waals surface area (Å²) >= 11 is 6.19. The van der Waals surface area contributed by atoms with Crippen molar-refractivity contribution in [3.8, 4) is 17.2 Å². The second-order valence-electron chi connectivity index (χ2n) is 12.1. The van der Waals surface area contributed by atoms with Crippen molar-refractivity contribution in [2.24, 2.45) is 0 Å². The van der Waals surface area contributed by atoms with Crippen LogP contribution in [0.4, 0.5) is 5.69 Å². The van der Waals surface area contributed by atoms with Crippen molar-refractivity contribution in [1.82, 2.24) is 10.2 Å². The third-order valence-electron chi connectivity index (χ3n) is 8.80. The van der Waals surface area contributed by atoms with Crippen LogP contribution < -0.4 is 23.8 Å². The molecular weight excluding hydrogens is 678 g/mol. The Morgan fingerprint density at radius 2 is 1.50 bits per heavy atom. The maximum atomic E-state index is 14.8. The number of amides is 2. The van der Waals surface area contributed by atoms with E-state index in [-0.39, 0.29) is 41.2 Å². The number of anilines is 1. The SMILES string of the molecule is COc1cccc(CN(C(=O)CN(c2ccc(Cl)cc2)S(=O)(=O)c2ccc(OC)c(OC)c2)[C@H](Cc2ccccc2)C(=O)NC2CCCC2)c1. The molecule has 1 saturated carbocycles. The lowest BCUT2D eigenvalue weighted by atomic mass is 10.0. The number of nitrogens with zero attached hydrogens (tertiary/aromatic N) is 2. The maximum absolute atomic E-state index is 14.8. The Morgan fingerprint density at radius 1 is 0.820 bits per heavy atom. The lowest BCUT2D eigenvalue weighted by Gasteiger charge is -2.34.